The average Bonchev–Trinajstić information content (AvgIpc) is 2.53. The molecule has 0 atom stereocenters. The second-order valence-electron chi connectivity index (χ2n) is 5.87. The lowest BCUT2D eigenvalue weighted by Crippen LogP contribution is -2.15. The van der Waals surface area contributed by atoms with Crippen molar-refractivity contribution in [1.29, 1.82) is 0 Å². The molecule has 0 bridgehead atoms. The molecule has 0 saturated carbocycles. The minimum atomic E-state index is -4.62. The number of phenolic OH excluding ortho intramolecular Hbond substituents is 1. The third kappa shape index (κ3) is 3.32. The fourth-order valence-corrected chi connectivity index (χ4v) is 3.51. The van der Waals surface area contributed by atoms with Gasteiger partial charge in [-0.2, -0.15) is 8.42 Å². The van der Waals surface area contributed by atoms with Crippen molar-refractivity contribution < 1.29 is 22.9 Å². The SMILES string of the molecule is Cc1ccc(C(=O)Nc2cccc3cc(O)cc(S(=O)(=O)O)c23)c(N)c1. The van der Waals surface area contributed by atoms with Crippen LogP contribution in [0.3, 0.4) is 0 Å². The van der Waals surface area contributed by atoms with Crippen LogP contribution in [0.1, 0.15) is 15.9 Å². The summed E-state index contributed by atoms with van der Waals surface area (Å²) < 4.78 is 32.9. The highest BCUT2D eigenvalue weighted by Crippen LogP contribution is 2.34. The van der Waals surface area contributed by atoms with E-state index in [1.807, 2.05) is 6.92 Å². The van der Waals surface area contributed by atoms with E-state index >= 15 is 0 Å². The zero-order chi connectivity index (χ0) is 19.1. The van der Waals surface area contributed by atoms with Gasteiger partial charge in [0.05, 0.1) is 11.3 Å². The van der Waals surface area contributed by atoms with E-state index in [-0.39, 0.29) is 28.1 Å². The second kappa shape index (κ2) is 6.32. The smallest absolute Gasteiger partial charge is 0.295 e. The summed E-state index contributed by atoms with van der Waals surface area (Å²) in [6.07, 6.45) is 0. The van der Waals surface area contributed by atoms with Gasteiger partial charge in [-0.05, 0) is 42.1 Å². The average molecular weight is 372 g/mol. The molecular weight excluding hydrogens is 356 g/mol. The number of benzene rings is 3. The van der Waals surface area contributed by atoms with Gasteiger partial charge in [0.2, 0.25) is 0 Å². The van der Waals surface area contributed by atoms with Crippen molar-refractivity contribution in [1.82, 2.24) is 0 Å². The Morgan fingerprint density at radius 1 is 1.12 bits per heavy atom. The first kappa shape index (κ1) is 17.7. The molecule has 1 amide bonds. The Bertz CT molecular complexity index is 1140. The molecule has 0 unspecified atom stereocenters. The predicted molar refractivity (Wildman–Crippen MR) is 99.0 cm³/mol. The summed E-state index contributed by atoms with van der Waals surface area (Å²) in [4.78, 5) is 12.1. The van der Waals surface area contributed by atoms with Crippen LogP contribution in [0.25, 0.3) is 10.8 Å². The minimum absolute atomic E-state index is 0.0897. The highest BCUT2D eigenvalue weighted by Gasteiger charge is 2.20. The first-order chi connectivity index (χ1) is 12.2. The van der Waals surface area contributed by atoms with E-state index in [0.717, 1.165) is 11.6 Å². The second-order valence-corrected chi connectivity index (χ2v) is 7.26. The molecule has 3 aromatic rings. The Balaban J connectivity index is 2.15. The van der Waals surface area contributed by atoms with E-state index in [2.05, 4.69) is 5.32 Å². The van der Waals surface area contributed by atoms with E-state index in [0.29, 0.717) is 5.39 Å². The molecule has 3 aromatic carbocycles. The van der Waals surface area contributed by atoms with Crippen LogP contribution in [0.15, 0.2) is 53.4 Å². The number of amides is 1. The summed E-state index contributed by atoms with van der Waals surface area (Å²) in [6.45, 7) is 1.84. The van der Waals surface area contributed by atoms with Crippen LogP contribution in [0.4, 0.5) is 11.4 Å². The monoisotopic (exact) mass is 372 g/mol. The fraction of sp³-hybridized carbons (Fsp3) is 0.0556. The Hall–Kier alpha value is -3.10. The summed E-state index contributed by atoms with van der Waals surface area (Å²) in [6, 6.07) is 11.9. The number of hydrogen-bond donors (Lipinski definition) is 4. The zero-order valence-corrected chi connectivity index (χ0v) is 14.5. The van der Waals surface area contributed by atoms with Crippen molar-refractivity contribution in [3.63, 3.8) is 0 Å². The number of carbonyl (C=O) groups excluding carboxylic acids is 1. The topological polar surface area (TPSA) is 130 Å². The summed E-state index contributed by atoms with van der Waals surface area (Å²) in [7, 11) is -4.62. The number of phenols is 1. The number of fused-ring (bicyclic) bond motifs is 1. The van der Waals surface area contributed by atoms with E-state index in [9.17, 15) is 22.9 Å². The number of carbonyl (C=O) groups is 1. The van der Waals surface area contributed by atoms with Gasteiger partial charge in [0.15, 0.2) is 0 Å². The number of anilines is 2. The van der Waals surface area contributed by atoms with Crippen LogP contribution in [0.5, 0.6) is 5.75 Å². The van der Waals surface area contributed by atoms with Gasteiger partial charge >= 0.3 is 0 Å². The lowest BCUT2D eigenvalue weighted by Gasteiger charge is -2.13. The van der Waals surface area contributed by atoms with Gasteiger partial charge < -0.3 is 16.2 Å². The Labute approximate surface area is 149 Å². The molecule has 0 aliphatic carbocycles. The summed E-state index contributed by atoms with van der Waals surface area (Å²) >= 11 is 0. The maximum atomic E-state index is 12.6. The standard InChI is InChI=1S/C18H16N2O5S/c1-10-5-6-13(14(19)7-10)18(22)20-15-4-2-3-11-8-12(21)9-16(17(11)15)26(23,24)25/h2-9,21H,19H2,1H3,(H,20,22)(H,23,24,25). The van der Waals surface area contributed by atoms with E-state index < -0.39 is 20.9 Å². The fourth-order valence-electron chi connectivity index (χ4n) is 2.76. The molecule has 5 N–H and O–H groups in total. The quantitative estimate of drug-likeness (QED) is 0.413. The first-order valence-electron chi connectivity index (χ1n) is 7.57. The first-order valence-corrected chi connectivity index (χ1v) is 9.01. The number of hydrogen-bond acceptors (Lipinski definition) is 5. The summed E-state index contributed by atoms with van der Waals surface area (Å²) in [5, 5.41) is 12.8. The van der Waals surface area contributed by atoms with Crippen molar-refractivity contribution in [2.24, 2.45) is 0 Å². The number of rotatable bonds is 3. The molecule has 0 aliphatic heterocycles. The van der Waals surface area contributed by atoms with Crippen molar-refractivity contribution in [2.75, 3.05) is 11.1 Å². The van der Waals surface area contributed by atoms with Crippen molar-refractivity contribution in [3.05, 3.63) is 59.7 Å². The third-order valence-corrected chi connectivity index (χ3v) is 4.78. The highest BCUT2D eigenvalue weighted by molar-refractivity contribution is 7.86. The van der Waals surface area contributed by atoms with Crippen LogP contribution in [-0.2, 0) is 10.1 Å². The number of aromatic hydroxyl groups is 1. The van der Waals surface area contributed by atoms with Gasteiger partial charge in [-0.3, -0.25) is 9.35 Å². The molecule has 8 heteroatoms. The predicted octanol–water partition coefficient (Wildman–Crippen LogP) is 2.94. The lowest BCUT2D eigenvalue weighted by molar-refractivity contribution is 0.102. The molecule has 7 nitrogen and oxygen atoms in total. The molecule has 0 fully saturated rings. The van der Waals surface area contributed by atoms with E-state index in [1.165, 1.54) is 12.1 Å². The van der Waals surface area contributed by atoms with Crippen LogP contribution in [0, 0.1) is 6.92 Å². The maximum Gasteiger partial charge on any atom is 0.295 e. The van der Waals surface area contributed by atoms with E-state index in [4.69, 9.17) is 5.73 Å². The molecule has 0 aliphatic rings. The summed E-state index contributed by atoms with van der Waals surface area (Å²) in [5.41, 5.74) is 7.46. The number of nitrogens with one attached hydrogen (secondary N) is 1. The van der Waals surface area contributed by atoms with Gasteiger partial charge in [-0.1, -0.05) is 18.2 Å². The number of aryl methyl sites for hydroxylation is 1. The van der Waals surface area contributed by atoms with Crippen molar-refractivity contribution in [2.45, 2.75) is 11.8 Å². The molecule has 0 saturated heterocycles. The molecule has 0 aromatic heterocycles. The minimum Gasteiger partial charge on any atom is -0.508 e. The van der Waals surface area contributed by atoms with Gasteiger partial charge in [-0.15, -0.1) is 0 Å². The molecule has 0 spiro atoms. The van der Waals surface area contributed by atoms with Gasteiger partial charge in [-0.25, -0.2) is 0 Å². The van der Waals surface area contributed by atoms with Gasteiger partial charge in [0.1, 0.15) is 10.6 Å². The van der Waals surface area contributed by atoms with Crippen molar-refractivity contribution in [3.8, 4) is 5.75 Å². The Morgan fingerprint density at radius 2 is 1.85 bits per heavy atom. The van der Waals surface area contributed by atoms with Gasteiger partial charge in [0.25, 0.3) is 16.0 Å². The van der Waals surface area contributed by atoms with Crippen molar-refractivity contribution >= 4 is 38.2 Å². The van der Waals surface area contributed by atoms with Gasteiger partial charge in [0, 0.05) is 17.1 Å². The van der Waals surface area contributed by atoms with E-state index in [1.54, 1.807) is 30.3 Å². The Kier molecular flexibility index (Phi) is 4.31. The molecular formula is C18H16N2O5S. The molecule has 0 heterocycles. The lowest BCUT2D eigenvalue weighted by atomic mass is 10.1. The molecule has 3 rings (SSSR count). The number of nitrogen functional groups attached to an aromatic ring is 1. The van der Waals surface area contributed by atoms with Crippen LogP contribution in [0.2, 0.25) is 0 Å². The van der Waals surface area contributed by atoms with Crippen LogP contribution in [-0.4, -0.2) is 24.0 Å². The molecule has 26 heavy (non-hydrogen) atoms. The molecule has 134 valence electrons. The summed E-state index contributed by atoms with van der Waals surface area (Å²) in [5.74, 6) is -0.847. The van der Waals surface area contributed by atoms with Crippen LogP contribution < -0.4 is 11.1 Å². The number of nitrogens with two attached hydrogens (primary N) is 1. The normalized spacial score (nSPS) is 11.5. The largest absolute Gasteiger partial charge is 0.508 e. The Morgan fingerprint density at radius 3 is 2.50 bits per heavy atom. The zero-order valence-electron chi connectivity index (χ0n) is 13.7. The third-order valence-electron chi connectivity index (χ3n) is 3.90. The maximum absolute atomic E-state index is 12.6. The molecule has 0 radical (unpaired) electrons. The highest BCUT2D eigenvalue weighted by atomic mass is 32.2. The van der Waals surface area contributed by atoms with Crippen LogP contribution >= 0.6 is 0 Å².